The summed E-state index contributed by atoms with van der Waals surface area (Å²) < 4.78 is 14.7. The number of tetrazole rings is 1. The smallest absolute Gasteiger partial charge is 0.152 e. The Bertz CT molecular complexity index is 264. The van der Waals surface area contributed by atoms with Crippen LogP contribution in [0.5, 0.6) is 0 Å². The van der Waals surface area contributed by atoms with Gasteiger partial charge < -0.3 is 5.73 Å². The lowest BCUT2D eigenvalue weighted by atomic mass is 10.2. The Labute approximate surface area is 76.1 Å². The van der Waals surface area contributed by atoms with Crippen molar-refractivity contribution in [3.05, 3.63) is 5.82 Å². The fourth-order valence-electron chi connectivity index (χ4n) is 1.01. The van der Waals surface area contributed by atoms with Crippen LogP contribution in [-0.2, 0) is 13.0 Å². The molecule has 1 heterocycles. The summed E-state index contributed by atoms with van der Waals surface area (Å²) in [6, 6.07) is 0. The van der Waals surface area contributed by atoms with Crippen LogP contribution in [0.2, 0.25) is 0 Å². The van der Waals surface area contributed by atoms with E-state index >= 15 is 0 Å². The molecule has 0 aliphatic heterocycles. The molecule has 1 aromatic rings. The lowest BCUT2D eigenvalue weighted by Gasteiger charge is -2.13. The molecule has 74 valence electrons. The van der Waals surface area contributed by atoms with Gasteiger partial charge in [0.05, 0.1) is 6.54 Å². The Balaban J connectivity index is 2.70. The van der Waals surface area contributed by atoms with Gasteiger partial charge in [-0.1, -0.05) is 0 Å². The molecule has 0 atom stereocenters. The first-order chi connectivity index (χ1) is 6.03. The normalized spacial score (nSPS) is 12.0. The van der Waals surface area contributed by atoms with E-state index in [-0.39, 0.29) is 6.54 Å². The molecule has 0 unspecified atom stereocenters. The minimum atomic E-state index is -1.31. The first kappa shape index (κ1) is 10.0. The summed E-state index contributed by atoms with van der Waals surface area (Å²) in [4.78, 5) is 0. The third kappa shape index (κ3) is 3.06. The number of nitrogens with zero attached hydrogens (tertiary/aromatic N) is 4. The maximum Gasteiger partial charge on any atom is 0.152 e. The van der Waals surface area contributed by atoms with Crippen molar-refractivity contribution >= 4 is 0 Å². The molecule has 0 aromatic carbocycles. The number of nitrogens with two attached hydrogens (primary N) is 1. The second-order valence-electron chi connectivity index (χ2n) is 3.51. The molecule has 0 aliphatic rings. The molecule has 5 nitrogen and oxygen atoms in total. The number of halogens is 1. The quantitative estimate of drug-likeness (QED) is 0.716. The van der Waals surface area contributed by atoms with Crippen LogP contribution in [0.3, 0.4) is 0 Å². The second-order valence-corrected chi connectivity index (χ2v) is 3.51. The van der Waals surface area contributed by atoms with E-state index in [0.29, 0.717) is 18.8 Å². The van der Waals surface area contributed by atoms with E-state index in [1.807, 2.05) is 0 Å². The number of hydrogen-bond donors (Lipinski definition) is 1. The highest BCUT2D eigenvalue weighted by atomic mass is 19.1. The molecule has 6 heteroatoms. The van der Waals surface area contributed by atoms with E-state index < -0.39 is 5.67 Å². The molecule has 1 rings (SSSR count). The highest BCUT2D eigenvalue weighted by Gasteiger charge is 2.19. The SMILES string of the molecule is CC(C)(F)Cn1nnnc1CCN. The fraction of sp³-hybridized carbons (Fsp3) is 0.857. The average Bonchev–Trinajstić information content (AvgIpc) is 2.34. The molecule has 0 saturated carbocycles. The van der Waals surface area contributed by atoms with Crippen LogP contribution in [0.15, 0.2) is 0 Å². The first-order valence-electron chi connectivity index (χ1n) is 4.17. The molecular weight excluding hydrogens is 173 g/mol. The fourth-order valence-corrected chi connectivity index (χ4v) is 1.01. The summed E-state index contributed by atoms with van der Waals surface area (Å²) in [5.41, 5.74) is 4.04. The third-order valence-electron chi connectivity index (χ3n) is 1.50. The van der Waals surface area contributed by atoms with E-state index in [1.165, 1.54) is 18.5 Å². The van der Waals surface area contributed by atoms with Crippen molar-refractivity contribution in [2.45, 2.75) is 32.5 Å². The summed E-state index contributed by atoms with van der Waals surface area (Å²) in [5, 5.41) is 10.9. The Morgan fingerprint density at radius 2 is 2.23 bits per heavy atom. The lowest BCUT2D eigenvalue weighted by molar-refractivity contribution is 0.176. The van der Waals surface area contributed by atoms with Gasteiger partial charge in [0.2, 0.25) is 0 Å². The molecule has 0 bridgehead atoms. The van der Waals surface area contributed by atoms with Gasteiger partial charge in [0, 0.05) is 6.42 Å². The number of aromatic nitrogens is 4. The molecule has 0 fully saturated rings. The zero-order valence-corrected chi connectivity index (χ0v) is 7.87. The monoisotopic (exact) mass is 187 g/mol. The van der Waals surface area contributed by atoms with Crippen molar-refractivity contribution in [2.75, 3.05) is 6.54 Å². The van der Waals surface area contributed by atoms with Crippen LogP contribution in [0, 0.1) is 0 Å². The standard InChI is InChI=1S/C7H14FN5/c1-7(2,8)5-13-6(3-4-9)10-11-12-13/h3-5,9H2,1-2H3. The first-order valence-corrected chi connectivity index (χ1v) is 4.17. The van der Waals surface area contributed by atoms with Crippen molar-refractivity contribution in [2.24, 2.45) is 5.73 Å². The van der Waals surface area contributed by atoms with Crippen LogP contribution in [-0.4, -0.2) is 32.4 Å². The highest BCUT2D eigenvalue weighted by molar-refractivity contribution is 4.83. The molecule has 2 N–H and O–H groups in total. The van der Waals surface area contributed by atoms with Gasteiger partial charge in [0.15, 0.2) is 5.82 Å². The Morgan fingerprint density at radius 3 is 2.77 bits per heavy atom. The molecular formula is C7H14FN5. The van der Waals surface area contributed by atoms with Crippen LogP contribution in [0.25, 0.3) is 0 Å². The van der Waals surface area contributed by atoms with Crippen molar-refractivity contribution in [1.82, 2.24) is 20.2 Å². The van der Waals surface area contributed by atoms with Crippen molar-refractivity contribution in [3.8, 4) is 0 Å². The summed E-state index contributed by atoms with van der Waals surface area (Å²) in [6.07, 6.45) is 0.572. The molecule has 0 saturated heterocycles. The van der Waals surface area contributed by atoms with Gasteiger partial charge in [0.1, 0.15) is 5.67 Å². The van der Waals surface area contributed by atoms with Crippen LogP contribution >= 0.6 is 0 Å². The van der Waals surface area contributed by atoms with Gasteiger partial charge in [-0.2, -0.15) is 0 Å². The van der Waals surface area contributed by atoms with Gasteiger partial charge in [-0.15, -0.1) is 5.10 Å². The largest absolute Gasteiger partial charge is 0.330 e. The predicted octanol–water partition coefficient (Wildman–Crippen LogP) is -0.0776. The topological polar surface area (TPSA) is 69.6 Å². The number of rotatable bonds is 4. The zero-order chi connectivity index (χ0) is 9.90. The summed E-state index contributed by atoms with van der Waals surface area (Å²) >= 11 is 0. The number of hydrogen-bond acceptors (Lipinski definition) is 4. The van der Waals surface area contributed by atoms with Gasteiger partial charge in [0.25, 0.3) is 0 Å². The van der Waals surface area contributed by atoms with Crippen LogP contribution in [0.1, 0.15) is 19.7 Å². The van der Waals surface area contributed by atoms with Crippen molar-refractivity contribution in [1.29, 1.82) is 0 Å². The minimum Gasteiger partial charge on any atom is -0.330 e. The van der Waals surface area contributed by atoms with Crippen molar-refractivity contribution in [3.63, 3.8) is 0 Å². The number of alkyl halides is 1. The third-order valence-corrected chi connectivity index (χ3v) is 1.50. The summed E-state index contributed by atoms with van der Waals surface area (Å²) in [5.74, 6) is 0.633. The van der Waals surface area contributed by atoms with E-state index in [0.717, 1.165) is 0 Å². The van der Waals surface area contributed by atoms with Gasteiger partial charge in [-0.25, -0.2) is 9.07 Å². The maximum absolute atomic E-state index is 13.2. The molecule has 13 heavy (non-hydrogen) atoms. The van der Waals surface area contributed by atoms with Gasteiger partial charge >= 0.3 is 0 Å². The van der Waals surface area contributed by atoms with Crippen LogP contribution < -0.4 is 5.73 Å². The Hall–Kier alpha value is -1.04. The van der Waals surface area contributed by atoms with Crippen molar-refractivity contribution < 1.29 is 4.39 Å². The molecule has 0 radical (unpaired) electrons. The lowest BCUT2D eigenvalue weighted by Crippen LogP contribution is -2.24. The van der Waals surface area contributed by atoms with E-state index in [2.05, 4.69) is 15.5 Å². The summed E-state index contributed by atoms with van der Waals surface area (Å²) in [6.45, 7) is 3.60. The average molecular weight is 187 g/mol. The predicted molar refractivity (Wildman–Crippen MR) is 45.8 cm³/mol. The Kier molecular flexibility index (Phi) is 2.92. The minimum absolute atomic E-state index is 0.162. The molecule has 0 spiro atoms. The molecule has 0 amide bonds. The van der Waals surface area contributed by atoms with Gasteiger partial charge in [-0.05, 0) is 30.8 Å². The molecule has 0 aliphatic carbocycles. The Morgan fingerprint density at radius 1 is 1.54 bits per heavy atom. The maximum atomic E-state index is 13.2. The van der Waals surface area contributed by atoms with E-state index in [1.54, 1.807) is 0 Å². The second kappa shape index (κ2) is 3.78. The van der Waals surface area contributed by atoms with Crippen LogP contribution in [0.4, 0.5) is 4.39 Å². The van der Waals surface area contributed by atoms with E-state index in [4.69, 9.17) is 5.73 Å². The zero-order valence-electron chi connectivity index (χ0n) is 7.87. The van der Waals surface area contributed by atoms with E-state index in [9.17, 15) is 4.39 Å². The van der Waals surface area contributed by atoms with Gasteiger partial charge in [-0.3, -0.25) is 0 Å². The highest BCUT2D eigenvalue weighted by Crippen LogP contribution is 2.11. The summed E-state index contributed by atoms with van der Waals surface area (Å²) in [7, 11) is 0. The molecule has 1 aromatic heterocycles.